The van der Waals surface area contributed by atoms with Crippen molar-refractivity contribution in [3.63, 3.8) is 0 Å². The van der Waals surface area contributed by atoms with Crippen LogP contribution in [0.4, 0.5) is 5.69 Å². The van der Waals surface area contributed by atoms with E-state index in [4.69, 9.17) is 37.5 Å². The fraction of sp³-hybridized carbons (Fsp3) is 0.286. The Hall–Kier alpha value is -1.96. The molecule has 1 aromatic carbocycles. The topological polar surface area (TPSA) is 74.6 Å². The summed E-state index contributed by atoms with van der Waals surface area (Å²) in [7, 11) is 1.56. The highest BCUT2D eigenvalue weighted by Crippen LogP contribution is 2.23. The first-order valence-corrected chi connectivity index (χ1v) is 7.43. The average Bonchev–Trinajstić information content (AvgIpc) is 2.86. The maximum absolute atomic E-state index is 12.1. The zero-order valence-corrected chi connectivity index (χ0v) is 14.0. The molecule has 0 saturated carbocycles. The molecule has 2 aromatic rings. The van der Waals surface area contributed by atoms with Gasteiger partial charge in [0.05, 0.1) is 12.8 Å². The van der Waals surface area contributed by atoms with Gasteiger partial charge < -0.3 is 14.3 Å². The van der Waals surface area contributed by atoms with Crippen molar-refractivity contribution in [3.05, 3.63) is 40.4 Å². The van der Waals surface area contributed by atoms with Gasteiger partial charge in [-0.3, -0.25) is 4.57 Å². The van der Waals surface area contributed by atoms with Crippen molar-refractivity contribution in [3.8, 4) is 5.75 Å². The second kappa shape index (κ2) is 8.05. The molecule has 0 radical (unpaired) electrons. The second-order valence-electron chi connectivity index (χ2n) is 4.29. The van der Waals surface area contributed by atoms with Gasteiger partial charge >= 0.3 is 5.97 Å². The highest BCUT2D eigenvalue weighted by atomic mass is 35.5. The minimum atomic E-state index is -0.741. The molecule has 0 atom stereocenters. The molecule has 0 spiro atoms. The number of nitrogens with one attached hydrogen (secondary N) is 1. The summed E-state index contributed by atoms with van der Waals surface area (Å²) < 4.78 is 11.6. The Morgan fingerprint density at radius 2 is 2.00 bits per heavy atom. The smallest absolute Gasteiger partial charge is 0.398 e. The van der Waals surface area contributed by atoms with Crippen LogP contribution in [0.2, 0.25) is 10.3 Å². The zero-order valence-electron chi connectivity index (χ0n) is 12.5. The standard InChI is InChI=1S/C14H15Cl2N3O4/c1-3-22-8-19-12(16)11(15)17-13(19)14(20)23-18-9-4-6-10(21-2)7-5-9/h4-7,18H,3,8H2,1-2H3. The Labute approximate surface area is 143 Å². The maximum atomic E-state index is 12.1. The van der Waals surface area contributed by atoms with Crippen LogP contribution >= 0.6 is 23.2 Å². The summed E-state index contributed by atoms with van der Waals surface area (Å²) >= 11 is 11.8. The normalized spacial score (nSPS) is 10.4. The molecule has 1 N–H and O–H groups in total. The summed E-state index contributed by atoms with van der Waals surface area (Å²) in [6.45, 7) is 2.31. The second-order valence-corrected chi connectivity index (χ2v) is 5.00. The Morgan fingerprint density at radius 3 is 2.61 bits per heavy atom. The molecule has 23 heavy (non-hydrogen) atoms. The van der Waals surface area contributed by atoms with E-state index >= 15 is 0 Å². The predicted octanol–water partition coefficient (Wildman–Crippen LogP) is 3.38. The molecule has 9 heteroatoms. The Morgan fingerprint density at radius 1 is 1.30 bits per heavy atom. The molecule has 1 aromatic heterocycles. The van der Waals surface area contributed by atoms with E-state index in [-0.39, 0.29) is 22.9 Å². The van der Waals surface area contributed by atoms with E-state index in [2.05, 4.69) is 10.5 Å². The molecule has 0 amide bonds. The molecule has 0 aliphatic heterocycles. The number of benzene rings is 1. The molecule has 0 bridgehead atoms. The van der Waals surface area contributed by atoms with Crippen molar-refractivity contribution in [2.45, 2.75) is 13.7 Å². The van der Waals surface area contributed by atoms with Crippen LogP contribution in [0.25, 0.3) is 0 Å². The summed E-state index contributed by atoms with van der Waals surface area (Å²) in [5, 5.41) is 0.110. The van der Waals surface area contributed by atoms with E-state index in [9.17, 15) is 4.79 Å². The molecule has 2 rings (SSSR count). The van der Waals surface area contributed by atoms with E-state index in [1.807, 2.05) is 6.92 Å². The molecule has 1 heterocycles. The molecule has 0 saturated heterocycles. The number of anilines is 1. The first-order chi connectivity index (χ1) is 11.1. The molecule has 0 aliphatic rings. The number of halogens is 2. The SMILES string of the molecule is CCOCn1c(C(=O)ONc2ccc(OC)cc2)nc(Cl)c1Cl. The molecule has 124 valence electrons. The van der Waals surface area contributed by atoms with Gasteiger partial charge in [0.25, 0.3) is 0 Å². The Balaban J connectivity index is 2.06. The van der Waals surface area contributed by atoms with E-state index in [0.29, 0.717) is 18.0 Å². The molecule has 0 fully saturated rings. The van der Waals surface area contributed by atoms with Crippen LogP contribution in [-0.2, 0) is 16.3 Å². The van der Waals surface area contributed by atoms with Crippen molar-refractivity contribution in [1.82, 2.24) is 9.55 Å². The Bertz CT molecular complexity index is 673. The summed E-state index contributed by atoms with van der Waals surface area (Å²) in [5.41, 5.74) is 3.09. The zero-order chi connectivity index (χ0) is 16.8. The predicted molar refractivity (Wildman–Crippen MR) is 85.9 cm³/mol. The van der Waals surface area contributed by atoms with Crippen LogP contribution in [0, 0.1) is 0 Å². The number of aromatic nitrogens is 2. The first kappa shape index (κ1) is 17.4. The van der Waals surface area contributed by atoms with E-state index in [1.54, 1.807) is 31.4 Å². The van der Waals surface area contributed by atoms with Gasteiger partial charge in [-0.05, 0) is 31.2 Å². The van der Waals surface area contributed by atoms with Gasteiger partial charge in [0, 0.05) is 6.61 Å². The monoisotopic (exact) mass is 359 g/mol. The lowest BCUT2D eigenvalue weighted by Gasteiger charge is -2.09. The van der Waals surface area contributed by atoms with E-state index < -0.39 is 5.97 Å². The van der Waals surface area contributed by atoms with Crippen molar-refractivity contribution < 1.29 is 19.1 Å². The number of imidazole rings is 1. The first-order valence-electron chi connectivity index (χ1n) is 6.67. The van der Waals surface area contributed by atoms with Crippen molar-refractivity contribution in [1.29, 1.82) is 0 Å². The van der Waals surface area contributed by atoms with Crippen LogP contribution in [0.5, 0.6) is 5.75 Å². The fourth-order valence-electron chi connectivity index (χ4n) is 1.67. The minimum absolute atomic E-state index is 0.00256. The van der Waals surface area contributed by atoms with Gasteiger partial charge in [0.2, 0.25) is 5.82 Å². The molecule has 0 unspecified atom stereocenters. The third-order valence-electron chi connectivity index (χ3n) is 2.83. The van der Waals surface area contributed by atoms with Crippen LogP contribution in [-0.4, -0.2) is 29.2 Å². The molecular formula is C14H15Cl2N3O4. The summed E-state index contributed by atoms with van der Waals surface area (Å²) in [6, 6.07) is 6.83. The number of ether oxygens (including phenoxy) is 2. The van der Waals surface area contributed by atoms with Crippen molar-refractivity contribution >= 4 is 34.9 Å². The van der Waals surface area contributed by atoms with Crippen molar-refractivity contribution in [2.24, 2.45) is 0 Å². The highest BCUT2D eigenvalue weighted by molar-refractivity contribution is 6.40. The number of hydrogen-bond donors (Lipinski definition) is 1. The number of carbonyl (C=O) groups is 1. The van der Waals surface area contributed by atoms with E-state index in [0.717, 1.165) is 0 Å². The molecular weight excluding hydrogens is 345 g/mol. The van der Waals surface area contributed by atoms with Gasteiger partial charge in [-0.1, -0.05) is 23.2 Å². The van der Waals surface area contributed by atoms with Gasteiger partial charge in [-0.15, -0.1) is 0 Å². The molecule has 0 aliphatic carbocycles. The summed E-state index contributed by atoms with van der Waals surface area (Å²) in [5.74, 6) is -0.114. The number of nitrogens with zero attached hydrogens (tertiary/aromatic N) is 2. The number of hydrogen-bond acceptors (Lipinski definition) is 6. The van der Waals surface area contributed by atoms with Gasteiger partial charge in [-0.2, -0.15) is 0 Å². The number of rotatable bonds is 7. The average molecular weight is 360 g/mol. The number of methoxy groups -OCH3 is 1. The largest absolute Gasteiger partial charge is 0.497 e. The lowest BCUT2D eigenvalue weighted by Crippen LogP contribution is -2.17. The van der Waals surface area contributed by atoms with E-state index in [1.165, 1.54) is 4.57 Å². The summed E-state index contributed by atoms with van der Waals surface area (Å²) in [4.78, 5) is 21.0. The van der Waals surface area contributed by atoms with Crippen LogP contribution in [0.1, 0.15) is 17.5 Å². The number of carbonyl (C=O) groups excluding carboxylic acids is 1. The quantitative estimate of drug-likeness (QED) is 0.763. The third-order valence-corrected chi connectivity index (χ3v) is 3.57. The van der Waals surface area contributed by atoms with Gasteiger partial charge in [-0.25, -0.2) is 15.3 Å². The van der Waals surface area contributed by atoms with Crippen LogP contribution in [0.3, 0.4) is 0 Å². The van der Waals surface area contributed by atoms with Gasteiger partial charge in [0.15, 0.2) is 5.15 Å². The van der Waals surface area contributed by atoms with Crippen LogP contribution in [0.15, 0.2) is 24.3 Å². The fourth-order valence-corrected chi connectivity index (χ4v) is 2.02. The summed E-state index contributed by atoms with van der Waals surface area (Å²) in [6.07, 6.45) is 0. The van der Waals surface area contributed by atoms with Gasteiger partial charge in [0.1, 0.15) is 17.6 Å². The van der Waals surface area contributed by atoms with Crippen molar-refractivity contribution in [2.75, 3.05) is 19.2 Å². The third kappa shape index (κ3) is 4.28. The lowest BCUT2D eigenvalue weighted by atomic mass is 10.3. The Kier molecular flexibility index (Phi) is 6.09. The minimum Gasteiger partial charge on any atom is -0.497 e. The highest BCUT2D eigenvalue weighted by Gasteiger charge is 2.22. The molecule has 7 nitrogen and oxygen atoms in total. The lowest BCUT2D eigenvalue weighted by molar-refractivity contribution is 0.0528. The van der Waals surface area contributed by atoms with Crippen LogP contribution < -0.4 is 10.2 Å². The maximum Gasteiger partial charge on any atom is 0.398 e.